The van der Waals surface area contributed by atoms with Gasteiger partial charge in [-0.15, -0.1) is 0 Å². The normalized spacial score (nSPS) is 28.5. The Morgan fingerprint density at radius 1 is 1.29 bits per heavy atom. The van der Waals surface area contributed by atoms with Crippen molar-refractivity contribution in [2.75, 3.05) is 26.7 Å². The van der Waals surface area contributed by atoms with E-state index in [0.29, 0.717) is 17.9 Å². The van der Waals surface area contributed by atoms with Crippen LogP contribution in [0.1, 0.15) is 38.5 Å². The Bertz CT molecular complexity index is 258. The van der Waals surface area contributed by atoms with Crippen LogP contribution in [0.15, 0.2) is 4.99 Å². The van der Waals surface area contributed by atoms with Crippen molar-refractivity contribution >= 4 is 5.96 Å². The van der Waals surface area contributed by atoms with Crippen LogP contribution in [0.25, 0.3) is 0 Å². The van der Waals surface area contributed by atoms with Crippen molar-refractivity contribution < 1.29 is 0 Å². The number of nitrogens with zero attached hydrogens (tertiary/aromatic N) is 2. The predicted octanol–water partition coefficient (Wildman–Crippen LogP) is 1.18. The lowest BCUT2D eigenvalue weighted by molar-refractivity contribution is 0.396. The topological polar surface area (TPSA) is 53.6 Å². The molecule has 17 heavy (non-hydrogen) atoms. The minimum absolute atomic E-state index is 0.568. The van der Waals surface area contributed by atoms with Gasteiger partial charge in [-0.1, -0.05) is 19.3 Å². The van der Waals surface area contributed by atoms with E-state index in [0.717, 1.165) is 6.54 Å². The summed E-state index contributed by atoms with van der Waals surface area (Å²) in [7, 11) is 2.17. The van der Waals surface area contributed by atoms with Crippen LogP contribution in [0, 0.1) is 5.92 Å². The van der Waals surface area contributed by atoms with E-state index < -0.39 is 0 Å². The third-order valence-electron chi connectivity index (χ3n) is 3.97. The largest absolute Gasteiger partial charge is 0.370 e. The molecule has 0 aromatic rings. The van der Waals surface area contributed by atoms with Gasteiger partial charge in [0.25, 0.3) is 0 Å². The van der Waals surface area contributed by atoms with Crippen LogP contribution >= 0.6 is 0 Å². The minimum Gasteiger partial charge on any atom is -0.370 e. The van der Waals surface area contributed by atoms with Crippen LogP contribution in [0.3, 0.4) is 0 Å². The number of nitrogens with one attached hydrogen (secondary N) is 1. The van der Waals surface area contributed by atoms with Crippen LogP contribution in [0.2, 0.25) is 0 Å². The second-order valence-electron chi connectivity index (χ2n) is 5.62. The molecule has 0 radical (unpaired) electrons. The Hall–Kier alpha value is -0.770. The van der Waals surface area contributed by atoms with Crippen LogP contribution in [-0.2, 0) is 0 Å². The van der Waals surface area contributed by atoms with Crippen molar-refractivity contribution in [3.05, 3.63) is 0 Å². The number of guanidine groups is 1. The summed E-state index contributed by atoms with van der Waals surface area (Å²) in [6.07, 6.45) is 7.81. The zero-order valence-corrected chi connectivity index (χ0v) is 11.0. The molecule has 3 N–H and O–H groups in total. The zero-order chi connectivity index (χ0) is 12.1. The third-order valence-corrected chi connectivity index (χ3v) is 3.97. The summed E-state index contributed by atoms with van der Waals surface area (Å²) < 4.78 is 0. The van der Waals surface area contributed by atoms with E-state index in [2.05, 4.69) is 22.3 Å². The Balaban J connectivity index is 1.69. The standard InChI is InChI=1S/C13H26N4/c1-17-8-7-11(10-17)9-15-13(14)16-12-5-3-2-4-6-12/h11-12H,2-10H2,1H3,(H3,14,15,16). The quantitative estimate of drug-likeness (QED) is 0.573. The monoisotopic (exact) mass is 238 g/mol. The highest BCUT2D eigenvalue weighted by molar-refractivity contribution is 5.78. The first-order chi connectivity index (χ1) is 8.24. The van der Waals surface area contributed by atoms with E-state index in [1.54, 1.807) is 0 Å². The lowest BCUT2D eigenvalue weighted by Gasteiger charge is -2.23. The maximum atomic E-state index is 5.94. The molecule has 4 nitrogen and oxygen atoms in total. The van der Waals surface area contributed by atoms with Gasteiger partial charge in [-0.05, 0) is 38.8 Å². The maximum Gasteiger partial charge on any atom is 0.188 e. The molecule has 2 aliphatic rings. The predicted molar refractivity (Wildman–Crippen MR) is 72.1 cm³/mol. The van der Waals surface area contributed by atoms with Gasteiger partial charge in [-0.3, -0.25) is 4.99 Å². The van der Waals surface area contributed by atoms with Gasteiger partial charge in [0, 0.05) is 19.1 Å². The number of rotatable bonds is 3. The molecule has 0 aromatic heterocycles. The van der Waals surface area contributed by atoms with Gasteiger partial charge in [0.2, 0.25) is 0 Å². The number of hydrogen-bond donors (Lipinski definition) is 2. The van der Waals surface area contributed by atoms with Crippen LogP contribution in [0.4, 0.5) is 0 Å². The van der Waals surface area contributed by atoms with Crippen molar-refractivity contribution in [1.82, 2.24) is 10.2 Å². The second-order valence-corrected chi connectivity index (χ2v) is 5.62. The average molecular weight is 238 g/mol. The molecule has 0 amide bonds. The zero-order valence-electron chi connectivity index (χ0n) is 11.0. The highest BCUT2D eigenvalue weighted by atomic mass is 15.1. The SMILES string of the molecule is CN1CCC(CN=C(N)NC2CCCCC2)C1. The van der Waals surface area contributed by atoms with Gasteiger partial charge in [0.05, 0.1) is 0 Å². The summed E-state index contributed by atoms with van der Waals surface area (Å²) in [5.74, 6) is 1.36. The van der Waals surface area contributed by atoms with Crippen molar-refractivity contribution in [2.45, 2.75) is 44.6 Å². The Labute approximate surface area is 105 Å². The molecule has 1 atom stereocenters. The number of nitrogens with two attached hydrogens (primary N) is 1. The summed E-state index contributed by atoms with van der Waals surface area (Å²) in [6.45, 7) is 3.26. The molecule has 1 saturated heterocycles. The van der Waals surface area contributed by atoms with E-state index in [1.165, 1.54) is 51.6 Å². The smallest absolute Gasteiger partial charge is 0.188 e. The van der Waals surface area contributed by atoms with Crippen LogP contribution < -0.4 is 11.1 Å². The van der Waals surface area contributed by atoms with E-state index in [1.807, 2.05) is 0 Å². The molecule has 4 heteroatoms. The molecule has 1 heterocycles. The summed E-state index contributed by atoms with van der Waals surface area (Å²) in [5, 5.41) is 3.37. The number of likely N-dealkylation sites (tertiary alicyclic amines) is 1. The van der Waals surface area contributed by atoms with Gasteiger partial charge >= 0.3 is 0 Å². The first-order valence-electron chi connectivity index (χ1n) is 6.99. The van der Waals surface area contributed by atoms with Crippen molar-refractivity contribution in [3.8, 4) is 0 Å². The fraction of sp³-hybridized carbons (Fsp3) is 0.923. The molecule has 1 aliphatic heterocycles. The first-order valence-corrected chi connectivity index (χ1v) is 6.99. The maximum absolute atomic E-state index is 5.94. The summed E-state index contributed by atoms with van der Waals surface area (Å²) in [6, 6.07) is 0.568. The Morgan fingerprint density at radius 3 is 2.71 bits per heavy atom. The Morgan fingerprint density at radius 2 is 2.06 bits per heavy atom. The first kappa shape index (κ1) is 12.7. The van der Waals surface area contributed by atoms with Gasteiger partial charge in [-0.2, -0.15) is 0 Å². The second kappa shape index (κ2) is 6.24. The fourth-order valence-electron chi connectivity index (χ4n) is 2.90. The van der Waals surface area contributed by atoms with E-state index in [-0.39, 0.29) is 0 Å². The number of hydrogen-bond acceptors (Lipinski definition) is 2. The molecule has 0 bridgehead atoms. The molecule has 0 spiro atoms. The van der Waals surface area contributed by atoms with Crippen molar-refractivity contribution in [1.29, 1.82) is 0 Å². The number of aliphatic imine (C=N–C) groups is 1. The minimum atomic E-state index is 0.568. The Kier molecular flexibility index (Phi) is 4.66. The van der Waals surface area contributed by atoms with Gasteiger partial charge in [-0.25, -0.2) is 0 Å². The average Bonchev–Trinajstić information content (AvgIpc) is 2.74. The molecule has 1 saturated carbocycles. The highest BCUT2D eigenvalue weighted by Gasteiger charge is 2.19. The summed E-state index contributed by atoms with van der Waals surface area (Å²) >= 11 is 0. The molecule has 2 fully saturated rings. The lowest BCUT2D eigenvalue weighted by atomic mass is 9.96. The van der Waals surface area contributed by atoms with Crippen LogP contribution in [0.5, 0.6) is 0 Å². The van der Waals surface area contributed by atoms with E-state index in [9.17, 15) is 0 Å². The van der Waals surface area contributed by atoms with Crippen molar-refractivity contribution in [3.63, 3.8) is 0 Å². The van der Waals surface area contributed by atoms with Crippen LogP contribution in [-0.4, -0.2) is 43.6 Å². The van der Waals surface area contributed by atoms with Gasteiger partial charge in [0.15, 0.2) is 5.96 Å². The highest BCUT2D eigenvalue weighted by Crippen LogP contribution is 2.17. The van der Waals surface area contributed by atoms with E-state index >= 15 is 0 Å². The third kappa shape index (κ3) is 4.19. The molecule has 2 rings (SSSR count). The van der Waals surface area contributed by atoms with Gasteiger partial charge < -0.3 is 16.0 Å². The van der Waals surface area contributed by atoms with Gasteiger partial charge in [0.1, 0.15) is 0 Å². The molecule has 0 aromatic carbocycles. The molecular weight excluding hydrogens is 212 g/mol. The lowest BCUT2D eigenvalue weighted by Crippen LogP contribution is -2.41. The molecular formula is C13H26N4. The fourth-order valence-corrected chi connectivity index (χ4v) is 2.90. The summed E-state index contributed by atoms with van der Waals surface area (Å²) in [5.41, 5.74) is 5.94. The molecule has 1 unspecified atom stereocenters. The molecule has 98 valence electrons. The molecule has 1 aliphatic carbocycles. The van der Waals surface area contributed by atoms with Crippen molar-refractivity contribution in [2.24, 2.45) is 16.6 Å². The summed E-state index contributed by atoms with van der Waals surface area (Å²) in [4.78, 5) is 6.86. The van der Waals surface area contributed by atoms with E-state index in [4.69, 9.17) is 5.73 Å².